The lowest BCUT2D eigenvalue weighted by Crippen LogP contribution is -2.45. The summed E-state index contributed by atoms with van der Waals surface area (Å²) in [4.78, 5) is 27.5. The molecule has 0 saturated carbocycles. The Bertz CT molecular complexity index is 820. The number of nitrogens with one attached hydrogen (secondary N) is 1. The van der Waals surface area contributed by atoms with Gasteiger partial charge in [0.05, 0.1) is 13.7 Å². The Morgan fingerprint density at radius 1 is 1.22 bits per heavy atom. The molecule has 0 spiro atoms. The van der Waals surface area contributed by atoms with Crippen molar-refractivity contribution in [3.63, 3.8) is 0 Å². The smallest absolute Gasteiger partial charge is 0.238 e. The molecular weight excluding hydrogens is 342 g/mol. The van der Waals surface area contributed by atoms with Crippen LogP contribution in [-0.2, 0) is 9.59 Å². The fourth-order valence-corrected chi connectivity index (χ4v) is 3.19. The molecule has 0 aromatic heterocycles. The van der Waals surface area contributed by atoms with Crippen LogP contribution in [0.25, 0.3) is 0 Å². The summed E-state index contributed by atoms with van der Waals surface area (Å²) < 4.78 is 5.29. The van der Waals surface area contributed by atoms with E-state index in [-0.39, 0.29) is 17.9 Å². The lowest BCUT2D eigenvalue weighted by Gasteiger charge is -2.40. The predicted molar refractivity (Wildman–Crippen MR) is 106 cm³/mol. The number of nitrogens with zero attached hydrogens (tertiary/aromatic N) is 2. The Kier molecular flexibility index (Phi) is 5.76. The number of rotatable bonds is 6. The molecule has 142 valence electrons. The van der Waals surface area contributed by atoms with Gasteiger partial charge in [0.1, 0.15) is 5.75 Å². The number of carbonyl (C=O) groups excluding carboxylic acids is 2. The minimum atomic E-state index is -0.0460. The van der Waals surface area contributed by atoms with Gasteiger partial charge in [-0.25, -0.2) is 0 Å². The number of anilines is 2. The summed E-state index contributed by atoms with van der Waals surface area (Å²) in [6, 6.07) is 15.5. The van der Waals surface area contributed by atoms with E-state index in [0.29, 0.717) is 6.54 Å². The molecule has 3 rings (SSSR count). The molecule has 2 amide bonds. The van der Waals surface area contributed by atoms with E-state index in [9.17, 15) is 9.59 Å². The van der Waals surface area contributed by atoms with Gasteiger partial charge < -0.3 is 15.0 Å². The van der Waals surface area contributed by atoms with Gasteiger partial charge in [-0.3, -0.25) is 14.5 Å². The van der Waals surface area contributed by atoms with Crippen molar-refractivity contribution in [1.29, 1.82) is 0 Å². The Morgan fingerprint density at radius 3 is 2.56 bits per heavy atom. The number of carbonyl (C=O) groups is 2. The average molecular weight is 367 g/mol. The number of likely N-dealkylation sites (tertiary alicyclic amines) is 1. The van der Waals surface area contributed by atoms with Crippen LogP contribution in [0.2, 0.25) is 0 Å². The SMILES string of the molecule is COc1cccc([C@@H]2CCN2CC(=O)Nc2ccc(N(C)C(C)=O)cc2)c1. The van der Waals surface area contributed by atoms with Crippen molar-refractivity contribution in [3.8, 4) is 5.75 Å². The van der Waals surface area contributed by atoms with Gasteiger partial charge >= 0.3 is 0 Å². The van der Waals surface area contributed by atoms with E-state index in [4.69, 9.17) is 4.74 Å². The maximum atomic E-state index is 12.4. The summed E-state index contributed by atoms with van der Waals surface area (Å²) >= 11 is 0. The zero-order chi connectivity index (χ0) is 19.4. The molecule has 1 saturated heterocycles. The molecule has 2 aromatic carbocycles. The topological polar surface area (TPSA) is 61.9 Å². The molecule has 2 aromatic rings. The molecule has 1 N–H and O–H groups in total. The van der Waals surface area contributed by atoms with Gasteiger partial charge in [0.15, 0.2) is 0 Å². The van der Waals surface area contributed by atoms with E-state index in [2.05, 4.69) is 16.3 Å². The summed E-state index contributed by atoms with van der Waals surface area (Å²) in [5.41, 5.74) is 2.69. The van der Waals surface area contributed by atoms with Crippen LogP contribution in [0.1, 0.15) is 24.9 Å². The molecule has 1 atom stereocenters. The van der Waals surface area contributed by atoms with Gasteiger partial charge in [0, 0.05) is 37.9 Å². The van der Waals surface area contributed by atoms with Crippen LogP contribution in [0.3, 0.4) is 0 Å². The average Bonchev–Trinajstić information content (AvgIpc) is 2.65. The van der Waals surface area contributed by atoms with Gasteiger partial charge in [-0.1, -0.05) is 12.1 Å². The van der Waals surface area contributed by atoms with Gasteiger partial charge in [-0.15, -0.1) is 0 Å². The highest BCUT2D eigenvalue weighted by Crippen LogP contribution is 2.34. The third-order valence-corrected chi connectivity index (χ3v) is 4.97. The van der Waals surface area contributed by atoms with Crippen LogP contribution in [0.15, 0.2) is 48.5 Å². The second-order valence-electron chi connectivity index (χ2n) is 6.72. The van der Waals surface area contributed by atoms with E-state index in [0.717, 1.165) is 30.1 Å². The van der Waals surface area contributed by atoms with E-state index >= 15 is 0 Å². The van der Waals surface area contributed by atoms with Crippen LogP contribution in [0, 0.1) is 0 Å². The molecule has 27 heavy (non-hydrogen) atoms. The quantitative estimate of drug-likeness (QED) is 0.852. The lowest BCUT2D eigenvalue weighted by molar-refractivity contribution is -0.119. The van der Waals surface area contributed by atoms with E-state index in [1.165, 1.54) is 12.5 Å². The highest BCUT2D eigenvalue weighted by Gasteiger charge is 2.30. The monoisotopic (exact) mass is 367 g/mol. The van der Waals surface area contributed by atoms with Crippen LogP contribution >= 0.6 is 0 Å². The van der Waals surface area contributed by atoms with Crippen LogP contribution in [0.5, 0.6) is 5.75 Å². The minimum Gasteiger partial charge on any atom is -0.497 e. The highest BCUT2D eigenvalue weighted by molar-refractivity contribution is 5.94. The fourth-order valence-electron chi connectivity index (χ4n) is 3.19. The molecule has 1 aliphatic heterocycles. The number of methoxy groups -OCH3 is 1. The largest absolute Gasteiger partial charge is 0.497 e. The van der Waals surface area contributed by atoms with E-state index in [1.807, 2.05) is 42.5 Å². The first-order valence-electron chi connectivity index (χ1n) is 9.00. The molecule has 0 bridgehead atoms. The first-order chi connectivity index (χ1) is 13.0. The predicted octanol–water partition coefficient (Wildman–Crippen LogP) is 3.06. The van der Waals surface area contributed by atoms with Crippen molar-refractivity contribution >= 4 is 23.2 Å². The van der Waals surface area contributed by atoms with Crippen molar-refractivity contribution in [3.05, 3.63) is 54.1 Å². The number of hydrogen-bond donors (Lipinski definition) is 1. The maximum Gasteiger partial charge on any atom is 0.238 e. The Morgan fingerprint density at radius 2 is 1.96 bits per heavy atom. The number of hydrogen-bond acceptors (Lipinski definition) is 4. The van der Waals surface area contributed by atoms with Crippen molar-refractivity contribution in [2.24, 2.45) is 0 Å². The van der Waals surface area contributed by atoms with Crippen LogP contribution in [-0.4, -0.2) is 44.0 Å². The maximum absolute atomic E-state index is 12.4. The van der Waals surface area contributed by atoms with Crippen molar-refractivity contribution in [2.45, 2.75) is 19.4 Å². The molecule has 0 aliphatic carbocycles. The first kappa shape index (κ1) is 18.9. The van der Waals surface area contributed by atoms with Crippen LogP contribution < -0.4 is 15.0 Å². The molecule has 6 nitrogen and oxygen atoms in total. The molecule has 0 radical (unpaired) electrons. The number of ether oxygens (including phenoxy) is 1. The number of amides is 2. The Labute approximate surface area is 159 Å². The first-order valence-corrected chi connectivity index (χ1v) is 9.00. The molecule has 6 heteroatoms. The van der Waals surface area contributed by atoms with E-state index < -0.39 is 0 Å². The zero-order valence-corrected chi connectivity index (χ0v) is 15.9. The summed E-state index contributed by atoms with van der Waals surface area (Å²) in [5, 5.41) is 2.92. The van der Waals surface area contributed by atoms with Crippen molar-refractivity contribution in [2.75, 3.05) is 37.5 Å². The van der Waals surface area contributed by atoms with Gasteiger partial charge in [0.2, 0.25) is 11.8 Å². The molecule has 1 fully saturated rings. The third-order valence-electron chi connectivity index (χ3n) is 4.97. The second kappa shape index (κ2) is 8.22. The van der Waals surface area contributed by atoms with Gasteiger partial charge in [-0.2, -0.15) is 0 Å². The summed E-state index contributed by atoms with van der Waals surface area (Å²) in [6.07, 6.45) is 1.03. The number of benzene rings is 2. The summed E-state index contributed by atoms with van der Waals surface area (Å²) in [6.45, 7) is 2.76. The molecule has 1 heterocycles. The normalized spacial score (nSPS) is 16.3. The minimum absolute atomic E-state index is 0.0341. The third kappa shape index (κ3) is 4.46. The van der Waals surface area contributed by atoms with Crippen LogP contribution in [0.4, 0.5) is 11.4 Å². The standard InChI is InChI=1S/C21H25N3O3/c1-15(25)23(2)18-9-7-17(8-10-18)22-21(26)14-24-12-11-20(24)16-5-4-6-19(13-16)27-3/h4-10,13,20H,11-12,14H2,1-3H3,(H,22,26)/t20-/m0/s1. The van der Waals surface area contributed by atoms with Gasteiger partial charge in [-0.05, 0) is 48.4 Å². The van der Waals surface area contributed by atoms with E-state index in [1.54, 1.807) is 19.1 Å². The van der Waals surface area contributed by atoms with Crippen molar-refractivity contribution in [1.82, 2.24) is 4.90 Å². The lowest BCUT2D eigenvalue weighted by atomic mass is 9.94. The van der Waals surface area contributed by atoms with Crippen molar-refractivity contribution < 1.29 is 14.3 Å². The Hall–Kier alpha value is -2.86. The second-order valence-corrected chi connectivity index (χ2v) is 6.72. The molecular formula is C21H25N3O3. The molecule has 0 unspecified atom stereocenters. The molecule has 1 aliphatic rings. The zero-order valence-electron chi connectivity index (χ0n) is 15.9. The van der Waals surface area contributed by atoms with Gasteiger partial charge in [0.25, 0.3) is 0 Å². The highest BCUT2D eigenvalue weighted by atomic mass is 16.5. The summed E-state index contributed by atoms with van der Waals surface area (Å²) in [7, 11) is 3.38. The summed E-state index contributed by atoms with van der Waals surface area (Å²) in [5.74, 6) is 0.753. The fraction of sp³-hybridized carbons (Fsp3) is 0.333. The Balaban J connectivity index is 1.57.